The summed E-state index contributed by atoms with van der Waals surface area (Å²) >= 11 is 0. The summed E-state index contributed by atoms with van der Waals surface area (Å²) in [5.74, 6) is -1.52. The average Bonchev–Trinajstić information content (AvgIpc) is 2.45. The number of likely N-dealkylation sites (N-methyl/N-ethyl adjacent to an activating group) is 1. The second-order valence-corrected chi connectivity index (χ2v) is 5.35. The molecule has 116 valence electrons. The van der Waals surface area contributed by atoms with Gasteiger partial charge in [-0.2, -0.15) is 0 Å². The maximum absolute atomic E-state index is 13.5. The van der Waals surface area contributed by atoms with E-state index in [1.165, 1.54) is 0 Å². The van der Waals surface area contributed by atoms with E-state index in [-0.39, 0.29) is 18.1 Å². The van der Waals surface area contributed by atoms with E-state index in [2.05, 4.69) is 15.5 Å². The van der Waals surface area contributed by atoms with E-state index in [0.717, 1.165) is 50.6 Å². The second kappa shape index (κ2) is 7.47. The zero-order valence-electron chi connectivity index (χ0n) is 12.2. The zero-order valence-corrected chi connectivity index (χ0v) is 12.2. The number of anilines is 1. The molecule has 1 aromatic rings. The Balaban J connectivity index is 1.95. The second-order valence-electron chi connectivity index (χ2n) is 5.35. The lowest BCUT2D eigenvalue weighted by molar-refractivity contribution is -0.118. The number of amides is 1. The first kappa shape index (κ1) is 15.9. The van der Waals surface area contributed by atoms with Gasteiger partial charge in [0.25, 0.3) is 0 Å². The molecule has 1 atom stereocenters. The molecule has 0 bridgehead atoms. The highest BCUT2D eigenvalue weighted by atomic mass is 19.1. The number of likely N-dealkylation sites (tertiary alicyclic amines) is 1. The van der Waals surface area contributed by atoms with Gasteiger partial charge >= 0.3 is 0 Å². The number of hydrogen-bond acceptors (Lipinski definition) is 3. The molecule has 6 heteroatoms. The van der Waals surface area contributed by atoms with Gasteiger partial charge in [-0.15, -0.1) is 0 Å². The number of piperidine rings is 1. The third-order valence-corrected chi connectivity index (χ3v) is 3.74. The normalized spacial score (nSPS) is 19.5. The fourth-order valence-electron chi connectivity index (χ4n) is 2.70. The minimum Gasteiger partial charge on any atom is -0.322 e. The Morgan fingerprint density at radius 2 is 2.19 bits per heavy atom. The minimum atomic E-state index is -0.629. The fourth-order valence-corrected chi connectivity index (χ4v) is 2.70. The molecule has 4 nitrogen and oxygen atoms in total. The van der Waals surface area contributed by atoms with Crippen molar-refractivity contribution in [3.05, 3.63) is 29.8 Å². The number of halogens is 2. The Morgan fingerprint density at radius 1 is 1.38 bits per heavy atom. The topological polar surface area (TPSA) is 44.4 Å². The summed E-state index contributed by atoms with van der Waals surface area (Å²) < 4.78 is 26.6. The number of carbonyl (C=O) groups excluding carboxylic acids is 1. The molecule has 1 amide bonds. The van der Waals surface area contributed by atoms with Gasteiger partial charge in [-0.1, -0.05) is 6.42 Å². The zero-order chi connectivity index (χ0) is 15.2. The quantitative estimate of drug-likeness (QED) is 0.873. The molecule has 1 fully saturated rings. The number of hydrogen-bond donors (Lipinski definition) is 2. The van der Waals surface area contributed by atoms with E-state index in [9.17, 15) is 13.6 Å². The summed E-state index contributed by atoms with van der Waals surface area (Å²) in [4.78, 5) is 14.1. The van der Waals surface area contributed by atoms with E-state index in [4.69, 9.17) is 0 Å². The van der Waals surface area contributed by atoms with E-state index in [0.29, 0.717) is 6.04 Å². The fraction of sp³-hybridized carbons (Fsp3) is 0.533. The van der Waals surface area contributed by atoms with Crippen LogP contribution in [0.15, 0.2) is 18.2 Å². The molecule has 1 aliphatic rings. The van der Waals surface area contributed by atoms with E-state index < -0.39 is 11.6 Å². The standard InChI is InChI=1S/C15H21F2N3O/c1-18-9-12-4-2-3-7-20(12)10-15(21)19-14-8-11(16)5-6-13(14)17/h5-6,8,12,18H,2-4,7,9-10H2,1H3,(H,19,21). The maximum atomic E-state index is 13.5. The van der Waals surface area contributed by atoms with E-state index >= 15 is 0 Å². The maximum Gasteiger partial charge on any atom is 0.238 e. The van der Waals surface area contributed by atoms with Gasteiger partial charge in [0.2, 0.25) is 5.91 Å². The van der Waals surface area contributed by atoms with Crippen molar-refractivity contribution in [3.8, 4) is 0 Å². The molecular formula is C15H21F2N3O. The minimum absolute atomic E-state index is 0.109. The summed E-state index contributed by atoms with van der Waals surface area (Å²) in [6.07, 6.45) is 3.26. The van der Waals surface area contributed by atoms with Crippen LogP contribution in [0.3, 0.4) is 0 Å². The van der Waals surface area contributed by atoms with Crippen LogP contribution in [0.1, 0.15) is 19.3 Å². The predicted molar refractivity (Wildman–Crippen MR) is 78.1 cm³/mol. The lowest BCUT2D eigenvalue weighted by atomic mass is 10.0. The first-order chi connectivity index (χ1) is 10.1. The monoisotopic (exact) mass is 297 g/mol. The Kier molecular flexibility index (Phi) is 5.64. The van der Waals surface area contributed by atoms with Crippen molar-refractivity contribution in [2.24, 2.45) is 0 Å². The van der Waals surface area contributed by atoms with Crippen molar-refractivity contribution >= 4 is 11.6 Å². The Labute approximate surface area is 123 Å². The number of nitrogens with zero attached hydrogens (tertiary/aromatic N) is 1. The van der Waals surface area contributed by atoms with Crippen molar-refractivity contribution in [2.45, 2.75) is 25.3 Å². The molecule has 1 unspecified atom stereocenters. The molecule has 0 aliphatic carbocycles. The highest BCUT2D eigenvalue weighted by Gasteiger charge is 2.23. The third-order valence-electron chi connectivity index (χ3n) is 3.74. The summed E-state index contributed by atoms with van der Waals surface area (Å²) in [6, 6.07) is 3.34. The van der Waals surface area contributed by atoms with Crippen molar-refractivity contribution < 1.29 is 13.6 Å². The predicted octanol–water partition coefficient (Wildman–Crippen LogP) is 1.98. The molecule has 1 saturated heterocycles. The highest BCUT2D eigenvalue weighted by Crippen LogP contribution is 2.18. The van der Waals surface area contributed by atoms with Crippen molar-refractivity contribution in [1.82, 2.24) is 10.2 Å². The molecule has 2 rings (SSSR count). The molecular weight excluding hydrogens is 276 g/mol. The summed E-state index contributed by atoms with van der Waals surface area (Å²) in [5.41, 5.74) is -0.109. The highest BCUT2D eigenvalue weighted by molar-refractivity contribution is 5.92. The molecule has 0 radical (unpaired) electrons. The molecule has 21 heavy (non-hydrogen) atoms. The van der Waals surface area contributed by atoms with Crippen LogP contribution in [0, 0.1) is 11.6 Å². The van der Waals surface area contributed by atoms with Crippen LogP contribution in [0.25, 0.3) is 0 Å². The first-order valence-electron chi connectivity index (χ1n) is 7.23. The van der Waals surface area contributed by atoms with Crippen LogP contribution in [0.4, 0.5) is 14.5 Å². The lowest BCUT2D eigenvalue weighted by Crippen LogP contribution is -2.48. The molecule has 0 spiro atoms. The number of rotatable bonds is 5. The third kappa shape index (κ3) is 4.47. The van der Waals surface area contributed by atoms with Crippen LogP contribution in [0.5, 0.6) is 0 Å². The van der Waals surface area contributed by atoms with Gasteiger partial charge in [0, 0.05) is 18.7 Å². The largest absolute Gasteiger partial charge is 0.322 e. The van der Waals surface area contributed by atoms with Crippen LogP contribution in [0.2, 0.25) is 0 Å². The van der Waals surface area contributed by atoms with Gasteiger partial charge in [0.1, 0.15) is 11.6 Å². The Morgan fingerprint density at radius 3 is 2.95 bits per heavy atom. The summed E-state index contributed by atoms with van der Waals surface area (Å²) in [6.45, 7) is 1.87. The lowest BCUT2D eigenvalue weighted by Gasteiger charge is -2.35. The molecule has 0 saturated carbocycles. The Hall–Kier alpha value is -1.53. The van der Waals surface area contributed by atoms with Crippen molar-refractivity contribution in [2.75, 3.05) is 32.0 Å². The van der Waals surface area contributed by atoms with E-state index in [1.54, 1.807) is 0 Å². The number of carbonyl (C=O) groups is 1. The van der Waals surface area contributed by atoms with Gasteiger partial charge in [-0.3, -0.25) is 9.69 Å². The van der Waals surface area contributed by atoms with Crippen LogP contribution in [-0.4, -0.2) is 43.5 Å². The smallest absolute Gasteiger partial charge is 0.238 e. The first-order valence-corrected chi connectivity index (χ1v) is 7.23. The molecule has 2 N–H and O–H groups in total. The van der Waals surface area contributed by atoms with Crippen LogP contribution < -0.4 is 10.6 Å². The van der Waals surface area contributed by atoms with Crippen LogP contribution >= 0.6 is 0 Å². The number of benzene rings is 1. The van der Waals surface area contributed by atoms with Gasteiger partial charge in [0.05, 0.1) is 12.2 Å². The van der Waals surface area contributed by atoms with Crippen molar-refractivity contribution in [1.29, 1.82) is 0 Å². The molecule has 1 aromatic carbocycles. The van der Waals surface area contributed by atoms with Crippen LogP contribution in [-0.2, 0) is 4.79 Å². The number of nitrogens with one attached hydrogen (secondary N) is 2. The Bertz CT molecular complexity index is 494. The van der Waals surface area contributed by atoms with Gasteiger partial charge in [-0.05, 0) is 38.6 Å². The summed E-state index contributed by atoms with van der Waals surface area (Å²) in [5, 5.41) is 5.57. The van der Waals surface area contributed by atoms with Crippen molar-refractivity contribution in [3.63, 3.8) is 0 Å². The SMILES string of the molecule is CNCC1CCCCN1CC(=O)Nc1cc(F)ccc1F. The summed E-state index contributed by atoms with van der Waals surface area (Å²) in [7, 11) is 1.88. The van der Waals surface area contributed by atoms with Gasteiger partial charge < -0.3 is 10.6 Å². The molecule has 1 aliphatic heterocycles. The molecule has 1 heterocycles. The van der Waals surface area contributed by atoms with E-state index in [1.807, 2.05) is 7.05 Å². The van der Waals surface area contributed by atoms with Gasteiger partial charge in [0.15, 0.2) is 0 Å². The van der Waals surface area contributed by atoms with Gasteiger partial charge in [-0.25, -0.2) is 8.78 Å². The molecule has 0 aromatic heterocycles. The average molecular weight is 297 g/mol.